The van der Waals surface area contributed by atoms with Crippen molar-refractivity contribution in [3.63, 3.8) is 0 Å². The summed E-state index contributed by atoms with van der Waals surface area (Å²) in [7, 11) is 0.475. The second kappa shape index (κ2) is 6.89. The molecule has 2 aromatic heterocycles. The molecule has 1 unspecified atom stereocenters. The fourth-order valence-electron chi connectivity index (χ4n) is 3.60. The van der Waals surface area contributed by atoms with E-state index in [1.165, 1.54) is 50.4 Å². The molecule has 1 aromatic carbocycles. The summed E-state index contributed by atoms with van der Waals surface area (Å²) in [6.07, 6.45) is 2.80. The minimum atomic E-state index is -3.69. The number of nitrogens with one attached hydrogen (secondary N) is 1. The van der Waals surface area contributed by atoms with Crippen molar-refractivity contribution in [2.45, 2.75) is 17.7 Å². The van der Waals surface area contributed by atoms with Gasteiger partial charge in [0.2, 0.25) is 15.9 Å². The molecule has 0 saturated carbocycles. The first-order chi connectivity index (χ1) is 14.2. The second-order valence-corrected chi connectivity index (χ2v) is 9.21. The standard InChI is InChI=1S/C19H19N5O5S/c1-10-13(19(26)29-4)8-24-17(10)16(20-9-21-24)15-12-7-11(30(27,28)23(2)3)5-6-14(12)22-18(15)25/h5-9,15H,1-4H3,(H,22,25). The van der Waals surface area contributed by atoms with Gasteiger partial charge in [-0.1, -0.05) is 0 Å². The monoisotopic (exact) mass is 429 g/mol. The molecule has 0 radical (unpaired) electrons. The van der Waals surface area contributed by atoms with Gasteiger partial charge in [-0.15, -0.1) is 0 Å². The van der Waals surface area contributed by atoms with Crippen LogP contribution in [0.15, 0.2) is 35.6 Å². The summed E-state index contributed by atoms with van der Waals surface area (Å²) in [5, 5.41) is 6.91. The average Bonchev–Trinajstić information content (AvgIpc) is 3.23. The predicted molar refractivity (Wildman–Crippen MR) is 107 cm³/mol. The van der Waals surface area contributed by atoms with Crippen molar-refractivity contribution >= 4 is 33.1 Å². The summed E-state index contributed by atoms with van der Waals surface area (Å²) in [5.74, 6) is -1.73. The fraction of sp³-hybridized carbons (Fsp3) is 0.263. The van der Waals surface area contributed by atoms with Crippen LogP contribution in [0.2, 0.25) is 0 Å². The second-order valence-electron chi connectivity index (χ2n) is 7.06. The highest BCUT2D eigenvalue weighted by molar-refractivity contribution is 7.89. The van der Waals surface area contributed by atoms with Gasteiger partial charge in [-0.3, -0.25) is 4.79 Å². The molecule has 156 valence electrons. The quantitative estimate of drug-likeness (QED) is 0.617. The number of esters is 1. The molecule has 10 nitrogen and oxygen atoms in total. The van der Waals surface area contributed by atoms with Crippen LogP contribution in [0.1, 0.15) is 33.1 Å². The number of anilines is 1. The third kappa shape index (κ3) is 2.85. The number of sulfonamides is 1. The van der Waals surface area contributed by atoms with E-state index >= 15 is 0 Å². The Morgan fingerprint density at radius 1 is 1.30 bits per heavy atom. The minimum Gasteiger partial charge on any atom is -0.465 e. The number of hydrogen-bond donors (Lipinski definition) is 1. The summed E-state index contributed by atoms with van der Waals surface area (Å²) < 4.78 is 32.5. The van der Waals surface area contributed by atoms with Gasteiger partial charge in [0, 0.05) is 26.0 Å². The summed E-state index contributed by atoms with van der Waals surface area (Å²) in [5.41, 5.74) is 2.73. The molecule has 0 spiro atoms. The zero-order valence-electron chi connectivity index (χ0n) is 16.7. The Morgan fingerprint density at radius 2 is 2.03 bits per heavy atom. The number of fused-ring (bicyclic) bond motifs is 2. The predicted octanol–water partition coefficient (Wildman–Crippen LogP) is 1.16. The number of carbonyl (C=O) groups is 2. The fourth-order valence-corrected chi connectivity index (χ4v) is 4.54. The maximum Gasteiger partial charge on any atom is 0.339 e. The van der Waals surface area contributed by atoms with Gasteiger partial charge in [0.1, 0.15) is 12.2 Å². The number of ether oxygens (including phenoxy) is 1. The van der Waals surface area contributed by atoms with Crippen LogP contribution < -0.4 is 5.32 Å². The number of methoxy groups -OCH3 is 1. The van der Waals surface area contributed by atoms with Crippen molar-refractivity contribution in [3.8, 4) is 0 Å². The van der Waals surface area contributed by atoms with E-state index in [2.05, 4.69) is 15.4 Å². The van der Waals surface area contributed by atoms with Crippen LogP contribution >= 0.6 is 0 Å². The number of nitrogens with zero attached hydrogens (tertiary/aromatic N) is 4. The van der Waals surface area contributed by atoms with Crippen molar-refractivity contribution in [1.82, 2.24) is 18.9 Å². The molecule has 0 fully saturated rings. The molecular weight excluding hydrogens is 410 g/mol. The lowest BCUT2D eigenvalue weighted by Crippen LogP contribution is -2.22. The minimum absolute atomic E-state index is 0.0696. The Balaban J connectivity index is 1.93. The number of aromatic nitrogens is 3. The molecule has 0 aliphatic carbocycles. The molecule has 3 aromatic rings. The van der Waals surface area contributed by atoms with Gasteiger partial charge < -0.3 is 10.1 Å². The van der Waals surface area contributed by atoms with Crippen LogP contribution in [0.25, 0.3) is 5.52 Å². The summed E-state index contributed by atoms with van der Waals surface area (Å²) in [6.45, 7) is 1.72. The summed E-state index contributed by atoms with van der Waals surface area (Å²) in [6, 6.07) is 4.49. The first-order valence-electron chi connectivity index (χ1n) is 8.95. The molecule has 0 bridgehead atoms. The van der Waals surface area contributed by atoms with E-state index in [0.29, 0.717) is 33.6 Å². The van der Waals surface area contributed by atoms with Gasteiger partial charge >= 0.3 is 5.97 Å². The molecule has 1 atom stereocenters. The van der Waals surface area contributed by atoms with Crippen molar-refractivity contribution in [2.24, 2.45) is 0 Å². The number of carbonyl (C=O) groups excluding carboxylic acids is 2. The number of amides is 1. The van der Waals surface area contributed by atoms with Gasteiger partial charge in [-0.05, 0) is 36.2 Å². The normalized spacial score (nSPS) is 16.0. The third-order valence-electron chi connectivity index (χ3n) is 5.17. The van der Waals surface area contributed by atoms with E-state index in [4.69, 9.17) is 4.74 Å². The van der Waals surface area contributed by atoms with Crippen molar-refractivity contribution in [1.29, 1.82) is 0 Å². The topological polar surface area (TPSA) is 123 Å². The number of benzene rings is 1. The van der Waals surface area contributed by atoms with Crippen molar-refractivity contribution in [3.05, 3.63) is 53.1 Å². The molecule has 1 amide bonds. The van der Waals surface area contributed by atoms with Crippen LogP contribution in [-0.4, -0.2) is 60.4 Å². The lowest BCUT2D eigenvalue weighted by Gasteiger charge is -2.14. The number of rotatable bonds is 4. The van der Waals surface area contributed by atoms with E-state index in [-0.39, 0.29) is 10.8 Å². The van der Waals surface area contributed by atoms with E-state index in [1.807, 2.05) is 0 Å². The highest BCUT2D eigenvalue weighted by Gasteiger charge is 2.37. The van der Waals surface area contributed by atoms with E-state index in [1.54, 1.807) is 13.0 Å². The summed E-state index contributed by atoms with van der Waals surface area (Å²) >= 11 is 0. The Hall–Kier alpha value is -3.31. The van der Waals surface area contributed by atoms with Crippen LogP contribution in [0.3, 0.4) is 0 Å². The lowest BCUT2D eigenvalue weighted by molar-refractivity contribution is -0.116. The van der Waals surface area contributed by atoms with Crippen molar-refractivity contribution < 1.29 is 22.7 Å². The maximum atomic E-state index is 12.8. The van der Waals surface area contributed by atoms with E-state index in [0.717, 1.165) is 4.31 Å². The van der Waals surface area contributed by atoms with Crippen LogP contribution in [0, 0.1) is 6.92 Å². The highest BCUT2D eigenvalue weighted by atomic mass is 32.2. The van der Waals surface area contributed by atoms with Gasteiger partial charge in [0.15, 0.2) is 0 Å². The van der Waals surface area contributed by atoms with Gasteiger partial charge in [0.05, 0.1) is 28.8 Å². The molecular formula is C19H19N5O5S. The first kappa shape index (κ1) is 20.0. The zero-order valence-corrected chi connectivity index (χ0v) is 17.5. The van der Waals surface area contributed by atoms with Gasteiger partial charge in [-0.25, -0.2) is 27.0 Å². The first-order valence-corrected chi connectivity index (χ1v) is 10.4. The number of hydrogen-bond acceptors (Lipinski definition) is 7. The number of aryl methyl sites for hydroxylation is 1. The van der Waals surface area contributed by atoms with Crippen LogP contribution in [0.4, 0.5) is 5.69 Å². The van der Waals surface area contributed by atoms with Crippen molar-refractivity contribution in [2.75, 3.05) is 26.5 Å². The lowest BCUT2D eigenvalue weighted by atomic mass is 9.95. The van der Waals surface area contributed by atoms with Gasteiger partial charge in [-0.2, -0.15) is 5.10 Å². The summed E-state index contributed by atoms with van der Waals surface area (Å²) in [4.78, 5) is 29.3. The molecule has 4 rings (SSSR count). The van der Waals surface area contributed by atoms with E-state index in [9.17, 15) is 18.0 Å². The average molecular weight is 429 g/mol. The molecule has 1 N–H and O–H groups in total. The Morgan fingerprint density at radius 3 is 2.70 bits per heavy atom. The molecule has 0 saturated heterocycles. The molecule has 30 heavy (non-hydrogen) atoms. The molecule has 3 heterocycles. The largest absolute Gasteiger partial charge is 0.465 e. The van der Waals surface area contributed by atoms with Crippen LogP contribution in [-0.2, 0) is 19.6 Å². The van der Waals surface area contributed by atoms with Crippen LogP contribution in [0.5, 0.6) is 0 Å². The Bertz CT molecular complexity index is 1310. The molecule has 1 aliphatic heterocycles. The Kier molecular flexibility index (Phi) is 4.59. The molecule has 11 heteroatoms. The Labute approximate surface area is 172 Å². The zero-order chi connectivity index (χ0) is 21.8. The van der Waals surface area contributed by atoms with E-state index < -0.39 is 21.9 Å². The smallest absolute Gasteiger partial charge is 0.339 e. The van der Waals surface area contributed by atoms with Gasteiger partial charge in [0.25, 0.3) is 0 Å². The third-order valence-corrected chi connectivity index (χ3v) is 6.98. The highest BCUT2D eigenvalue weighted by Crippen LogP contribution is 2.40. The SMILES string of the molecule is COC(=O)c1cn2ncnc(C3C(=O)Nc4ccc(S(=O)(=O)N(C)C)cc43)c2c1C. The molecule has 1 aliphatic rings. The maximum absolute atomic E-state index is 12.8.